The number of rotatable bonds is 4. The minimum Gasteiger partial charge on any atom is -0.421 e. The molecule has 3 heterocycles. The fourth-order valence-electron chi connectivity index (χ4n) is 2.94. The second-order valence-corrected chi connectivity index (χ2v) is 6.75. The monoisotopic (exact) mass is 412 g/mol. The molecule has 31 heavy (non-hydrogen) atoms. The van der Waals surface area contributed by atoms with Gasteiger partial charge in [-0.15, -0.1) is 6.42 Å². The summed E-state index contributed by atoms with van der Waals surface area (Å²) in [5, 5.41) is 0. The lowest BCUT2D eigenvalue weighted by atomic mass is 10.1. The van der Waals surface area contributed by atoms with Gasteiger partial charge in [-0.2, -0.15) is 0 Å². The van der Waals surface area contributed by atoms with E-state index in [1.165, 1.54) is 12.1 Å². The van der Waals surface area contributed by atoms with Crippen molar-refractivity contribution >= 4 is 5.82 Å². The molecule has 0 saturated heterocycles. The number of ether oxygens (including phenoxy) is 1. The fourth-order valence-corrected chi connectivity index (χ4v) is 2.94. The Kier molecular flexibility index (Phi) is 5.24. The molecule has 4 rings (SSSR count). The predicted octanol–water partition coefficient (Wildman–Crippen LogP) is 4.11. The molecule has 0 aliphatic heterocycles. The van der Waals surface area contributed by atoms with Crippen molar-refractivity contribution in [3.05, 3.63) is 71.7 Å². The zero-order chi connectivity index (χ0) is 22.0. The van der Waals surface area contributed by atoms with Crippen LogP contribution < -0.4 is 10.5 Å². The van der Waals surface area contributed by atoms with E-state index >= 15 is 0 Å². The Morgan fingerprint density at radius 1 is 1.00 bits per heavy atom. The smallest absolute Gasteiger partial charge is 0.322 e. The van der Waals surface area contributed by atoms with E-state index in [4.69, 9.17) is 16.9 Å². The molecule has 0 fully saturated rings. The molecule has 7 nitrogen and oxygen atoms in total. The number of aromatic nitrogens is 5. The quantitative estimate of drug-likeness (QED) is 0.504. The van der Waals surface area contributed by atoms with E-state index < -0.39 is 5.82 Å². The molecular formula is C23H17FN6O. The van der Waals surface area contributed by atoms with Gasteiger partial charge in [0.2, 0.25) is 0 Å². The van der Waals surface area contributed by atoms with E-state index in [0.717, 1.165) is 5.56 Å². The van der Waals surface area contributed by atoms with E-state index in [1.807, 2.05) is 6.92 Å². The average Bonchev–Trinajstić information content (AvgIpc) is 2.75. The number of halogens is 1. The summed E-state index contributed by atoms with van der Waals surface area (Å²) < 4.78 is 20.1. The summed E-state index contributed by atoms with van der Waals surface area (Å²) in [6.07, 6.45) is 10.1. The van der Waals surface area contributed by atoms with Gasteiger partial charge in [-0.1, -0.05) is 12.0 Å². The number of anilines is 1. The van der Waals surface area contributed by atoms with Crippen LogP contribution in [-0.2, 0) is 0 Å². The van der Waals surface area contributed by atoms with Crippen LogP contribution in [0.1, 0.15) is 17.0 Å². The highest BCUT2D eigenvalue weighted by molar-refractivity contribution is 5.75. The molecule has 0 radical (unpaired) electrons. The molecule has 0 amide bonds. The van der Waals surface area contributed by atoms with Gasteiger partial charge in [0.15, 0.2) is 17.4 Å². The normalized spacial score (nSPS) is 10.5. The first-order valence-corrected chi connectivity index (χ1v) is 9.28. The maximum absolute atomic E-state index is 14.6. The highest BCUT2D eigenvalue weighted by atomic mass is 19.1. The highest BCUT2D eigenvalue weighted by Crippen LogP contribution is 2.31. The molecule has 4 aromatic rings. The molecule has 0 bridgehead atoms. The van der Waals surface area contributed by atoms with Crippen LogP contribution in [0, 0.1) is 32.0 Å². The van der Waals surface area contributed by atoms with Crippen LogP contribution in [0.4, 0.5) is 10.2 Å². The maximum atomic E-state index is 14.6. The molecule has 1 aromatic carbocycles. The van der Waals surface area contributed by atoms with Gasteiger partial charge < -0.3 is 10.5 Å². The standard InChI is InChI=1S/C23H17FN6O/c1-4-16-9-13(2)17(11-27-16)22-28-12-18(21(25)30-22)15-5-6-20(19(24)10-15)31-23-26-8-7-14(3)29-23/h1,5-12H,2-3H3,(H2,25,28,30). The van der Waals surface area contributed by atoms with Gasteiger partial charge in [0.25, 0.3) is 0 Å². The van der Waals surface area contributed by atoms with Gasteiger partial charge in [0.1, 0.15) is 11.5 Å². The Hall–Kier alpha value is -4.38. The largest absolute Gasteiger partial charge is 0.421 e. The summed E-state index contributed by atoms with van der Waals surface area (Å²) in [6.45, 7) is 3.68. The van der Waals surface area contributed by atoms with Crippen LogP contribution in [0.5, 0.6) is 11.8 Å². The van der Waals surface area contributed by atoms with Crippen molar-refractivity contribution < 1.29 is 9.13 Å². The van der Waals surface area contributed by atoms with E-state index in [9.17, 15) is 4.39 Å². The van der Waals surface area contributed by atoms with Crippen molar-refractivity contribution in [1.82, 2.24) is 24.9 Å². The second-order valence-electron chi connectivity index (χ2n) is 6.75. The number of nitrogens with zero attached hydrogens (tertiary/aromatic N) is 5. The number of nitrogens with two attached hydrogens (primary N) is 1. The first-order valence-electron chi connectivity index (χ1n) is 9.28. The van der Waals surface area contributed by atoms with Crippen molar-refractivity contribution in [2.75, 3.05) is 5.73 Å². The van der Waals surface area contributed by atoms with Crippen molar-refractivity contribution in [2.24, 2.45) is 0 Å². The van der Waals surface area contributed by atoms with Crippen LogP contribution in [0.15, 0.2) is 48.9 Å². The third-order valence-electron chi connectivity index (χ3n) is 4.53. The number of hydrogen-bond donors (Lipinski definition) is 1. The van der Waals surface area contributed by atoms with Gasteiger partial charge in [0.05, 0.1) is 0 Å². The van der Waals surface area contributed by atoms with Gasteiger partial charge in [-0.3, -0.25) is 0 Å². The maximum Gasteiger partial charge on any atom is 0.322 e. The van der Waals surface area contributed by atoms with Crippen LogP contribution in [0.2, 0.25) is 0 Å². The molecule has 0 aliphatic rings. The zero-order valence-corrected chi connectivity index (χ0v) is 16.8. The molecule has 0 saturated carbocycles. The minimum absolute atomic E-state index is 0.000706. The summed E-state index contributed by atoms with van der Waals surface area (Å²) >= 11 is 0. The molecule has 0 spiro atoms. The Balaban J connectivity index is 1.63. The third kappa shape index (κ3) is 4.16. The van der Waals surface area contributed by atoms with Gasteiger partial charge in [-0.25, -0.2) is 29.3 Å². The first kappa shape index (κ1) is 19.9. The van der Waals surface area contributed by atoms with E-state index in [1.54, 1.807) is 43.7 Å². The van der Waals surface area contributed by atoms with E-state index in [-0.39, 0.29) is 17.6 Å². The van der Waals surface area contributed by atoms with Gasteiger partial charge >= 0.3 is 6.01 Å². The summed E-state index contributed by atoms with van der Waals surface area (Å²) in [4.78, 5) is 21.0. The second kappa shape index (κ2) is 8.16. The van der Waals surface area contributed by atoms with Crippen molar-refractivity contribution in [3.63, 3.8) is 0 Å². The Bertz CT molecular complexity index is 1330. The van der Waals surface area contributed by atoms with Crippen molar-refractivity contribution in [1.29, 1.82) is 0 Å². The minimum atomic E-state index is -0.587. The van der Waals surface area contributed by atoms with Crippen molar-refractivity contribution in [2.45, 2.75) is 13.8 Å². The molecule has 0 atom stereocenters. The Morgan fingerprint density at radius 2 is 1.81 bits per heavy atom. The number of pyridine rings is 1. The van der Waals surface area contributed by atoms with Crippen LogP contribution in [-0.4, -0.2) is 24.9 Å². The lowest BCUT2D eigenvalue weighted by Gasteiger charge is -2.10. The van der Waals surface area contributed by atoms with Gasteiger partial charge in [0, 0.05) is 35.4 Å². The Labute approximate surface area is 178 Å². The number of terminal acetylenes is 1. The number of benzene rings is 1. The first-order chi connectivity index (χ1) is 14.9. The molecular weight excluding hydrogens is 395 g/mol. The number of nitrogen functional groups attached to an aromatic ring is 1. The van der Waals surface area contributed by atoms with E-state index in [0.29, 0.717) is 33.9 Å². The van der Waals surface area contributed by atoms with Crippen LogP contribution in [0.25, 0.3) is 22.5 Å². The molecule has 2 N–H and O–H groups in total. The lowest BCUT2D eigenvalue weighted by Crippen LogP contribution is -2.01. The lowest BCUT2D eigenvalue weighted by molar-refractivity contribution is 0.410. The molecule has 0 aliphatic carbocycles. The molecule has 8 heteroatoms. The third-order valence-corrected chi connectivity index (χ3v) is 4.53. The zero-order valence-electron chi connectivity index (χ0n) is 16.8. The Morgan fingerprint density at radius 3 is 2.48 bits per heavy atom. The highest BCUT2D eigenvalue weighted by Gasteiger charge is 2.14. The topological polar surface area (TPSA) is 99.7 Å². The molecule has 0 unspecified atom stereocenters. The summed E-state index contributed by atoms with van der Waals surface area (Å²) in [5.41, 5.74) is 9.98. The van der Waals surface area contributed by atoms with Crippen LogP contribution in [0.3, 0.4) is 0 Å². The predicted molar refractivity (Wildman–Crippen MR) is 115 cm³/mol. The van der Waals surface area contributed by atoms with Gasteiger partial charge in [-0.05, 0) is 49.2 Å². The molecule has 3 aromatic heterocycles. The van der Waals surface area contributed by atoms with Crippen LogP contribution >= 0.6 is 0 Å². The number of aryl methyl sites for hydroxylation is 2. The SMILES string of the molecule is C#Cc1cc(C)c(-c2ncc(-c3ccc(Oc4nccc(C)n4)c(F)c3)c(N)n2)cn1. The van der Waals surface area contributed by atoms with Crippen molar-refractivity contribution in [3.8, 4) is 46.6 Å². The fraction of sp³-hybridized carbons (Fsp3) is 0.0870. The molecule has 152 valence electrons. The summed E-state index contributed by atoms with van der Waals surface area (Å²) in [6, 6.07) is 8.01. The summed E-state index contributed by atoms with van der Waals surface area (Å²) in [7, 11) is 0. The average molecular weight is 412 g/mol. The van der Waals surface area contributed by atoms with E-state index in [2.05, 4.69) is 30.8 Å². The number of hydrogen-bond acceptors (Lipinski definition) is 7. The summed E-state index contributed by atoms with van der Waals surface area (Å²) in [5.74, 6) is 2.52.